The lowest BCUT2D eigenvalue weighted by Gasteiger charge is -2.37. The molecule has 0 aliphatic carbocycles. The summed E-state index contributed by atoms with van der Waals surface area (Å²) in [4.78, 5) is 24.2. The Balaban J connectivity index is 1.43. The minimum Gasteiger partial charge on any atom is -0.478 e. The van der Waals surface area contributed by atoms with Gasteiger partial charge in [-0.1, -0.05) is 47.5 Å². The Labute approximate surface area is 195 Å². The lowest BCUT2D eigenvalue weighted by Crippen LogP contribution is -2.51. The van der Waals surface area contributed by atoms with Gasteiger partial charge in [0, 0.05) is 37.1 Å². The standard InChI is InChI=1S/C24H18Cl2N4O2/c1-14-20(16-6-4-7-17(25)21(16)26)18(13-27)29-23(28-14)30-11-9-24(10-12-30)22(31)15-5-2-3-8-19(15)32-24/h2-8H,9-12H2,1H3. The van der Waals surface area contributed by atoms with E-state index in [2.05, 4.69) is 16.0 Å². The fourth-order valence-corrected chi connectivity index (χ4v) is 4.84. The van der Waals surface area contributed by atoms with Crippen molar-refractivity contribution in [2.45, 2.75) is 25.4 Å². The molecule has 6 nitrogen and oxygen atoms in total. The monoisotopic (exact) mass is 464 g/mol. The number of para-hydroxylation sites is 1. The number of ketones is 1. The van der Waals surface area contributed by atoms with Crippen LogP contribution in [0.25, 0.3) is 11.1 Å². The number of rotatable bonds is 2. The van der Waals surface area contributed by atoms with Gasteiger partial charge in [0.25, 0.3) is 0 Å². The van der Waals surface area contributed by atoms with Crippen LogP contribution in [0.5, 0.6) is 5.75 Å². The molecule has 0 atom stereocenters. The number of nitriles is 1. The first-order chi connectivity index (χ1) is 15.4. The molecule has 0 bridgehead atoms. The van der Waals surface area contributed by atoms with E-state index in [0.717, 1.165) is 0 Å². The highest BCUT2D eigenvalue weighted by atomic mass is 35.5. The third-order valence-corrected chi connectivity index (χ3v) is 6.93. The Bertz CT molecular complexity index is 1290. The molecule has 8 heteroatoms. The zero-order chi connectivity index (χ0) is 22.5. The summed E-state index contributed by atoms with van der Waals surface area (Å²) in [6.07, 6.45) is 1.04. The van der Waals surface area contributed by atoms with E-state index in [0.29, 0.717) is 70.1 Å². The van der Waals surface area contributed by atoms with Crippen molar-refractivity contribution in [2.24, 2.45) is 0 Å². The molecule has 160 valence electrons. The van der Waals surface area contributed by atoms with Gasteiger partial charge >= 0.3 is 0 Å². The van der Waals surface area contributed by atoms with Crippen LogP contribution in [0.4, 0.5) is 5.95 Å². The number of benzene rings is 2. The number of hydrogen-bond acceptors (Lipinski definition) is 6. The average molecular weight is 465 g/mol. The highest BCUT2D eigenvalue weighted by molar-refractivity contribution is 6.43. The van der Waals surface area contributed by atoms with Gasteiger partial charge in [0.15, 0.2) is 11.3 Å². The number of nitrogens with zero attached hydrogens (tertiary/aromatic N) is 4. The number of carbonyl (C=O) groups excluding carboxylic acids is 1. The van der Waals surface area contributed by atoms with Crippen molar-refractivity contribution in [3.05, 3.63) is 69.5 Å². The molecule has 2 aromatic carbocycles. The summed E-state index contributed by atoms with van der Waals surface area (Å²) in [7, 11) is 0. The second kappa shape index (κ2) is 7.77. The van der Waals surface area contributed by atoms with Gasteiger partial charge in [-0.2, -0.15) is 5.26 Å². The lowest BCUT2D eigenvalue weighted by molar-refractivity contribution is 0.0453. The predicted molar refractivity (Wildman–Crippen MR) is 123 cm³/mol. The van der Waals surface area contributed by atoms with Crippen molar-refractivity contribution in [2.75, 3.05) is 18.0 Å². The maximum absolute atomic E-state index is 13.0. The Hall–Kier alpha value is -3.14. The zero-order valence-corrected chi connectivity index (χ0v) is 18.7. The van der Waals surface area contributed by atoms with Crippen LogP contribution in [0.3, 0.4) is 0 Å². The number of Topliss-reactive ketones (excluding diaryl/α,β-unsaturated/α-hetero) is 1. The summed E-state index contributed by atoms with van der Waals surface area (Å²) in [5.74, 6) is 1.14. The smallest absolute Gasteiger partial charge is 0.226 e. The van der Waals surface area contributed by atoms with E-state index in [9.17, 15) is 10.1 Å². The van der Waals surface area contributed by atoms with Gasteiger partial charge < -0.3 is 9.64 Å². The summed E-state index contributed by atoms with van der Waals surface area (Å²) in [5.41, 5.74) is 1.88. The van der Waals surface area contributed by atoms with E-state index in [4.69, 9.17) is 27.9 Å². The van der Waals surface area contributed by atoms with Crippen molar-refractivity contribution < 1.29 is 9.53 Å². The van der Waals surface area contributed by atoms with Crippen molar-refractivity contribution in [3.8, 4) is 22.9 Å². The highest BCUT2D eigenvalue weighted by Gasteiger charge is 2.49. The van der Waals surface area contributed by atoms with Gasteiger partial charge in [-0.3, -0.25) is 4.79 Å². The molecule has 1 fully saturated rings. The minimum atomic E-state index is -0.832. The third kappa shape index (κ3) is 3.21. The molecule has 0 saturated carbocycles. The van der Waals surface area contributed by atoms with E-state index >= 15 is 0 Å². The van der Waals surface area contributed by atoms with Gasteiger partial charge in [0.2, 0.25) is 11.7 Å². The van der Waals surface area contributed by atoms with Gasteiger partial charge in [0.05, 0.1) is 21.3 Å². The van der Waals surface area contributed by atoms with Crippen LogP contribution in [0.15, 0.2) is 42.5 Å². The Morgan fingerprint density at radius 1 is 1.06 bits per heavy atom. The Morgan fingerprint density at radius 2 is 1.78 bits per heavy atom. The molecule has 3 aromatic rings. The quantitative estimate of drug-likeness (QED) is 0.515. The fraction of sp³-hybridized carbons (Fsp3) is 0.250. The Morgan fingerprint density at radius 3 is 2.50 bits per heavy atom. The largest absolute Gasteiger partial charge is 0.478 e. The molecule has 1 aromatic heterocycles. The van der Waals surface area contributed by atoms with Crippen LogP contribution >= 0.6 is 23.2 Å². The van der Waals surface area contributed by atoms with Crippen LogP contribution in [0.1, 0.15) is 34.6 Å². The second-order valence-corrected chi connectivity index (χ2v) is 8.74. The third-order valence-electron chi connectivity index (χ3n) is 6.11. The first-order valence-corrected chi connectivity index (χ1v) is 11.0. The summed E-state index contributed by atoms with van der Waals surface area (Å²) in [6, 6.07) is 14.8. The molecular weight excluding hydrogens is 447 g/mol. The maximum atomic E-state index is 13.0. The molecule has 0 N–H and O–H groups in total. The molecule has 5 rings (SSSR count). The first kappa shape index (κ1) is 20.7. The Kier molecular flexibility index (Phi) is 5.04. The molecule has 0 unspecified atom stereocenters. The summed E-state index contributed by atoms with van der Waals surface area (Å²) in [6.45, 7) is 2.91. The van der Waals surface area contributed by atoms with E-state index in [1.165, 1.54) is 0 Å². The minimum absolute atomic E-state index is 0.0357. The van der Waals surface area contributed by atoms with E-state index in [1.54, 1.807) is 18.2 Å². The number of ether oxygens (including phenoxy) is 1. The number of halogens is 2. The maximum Gasteiger partial charge on any atom is 0.226 e. The van der Waals surface area contributed by atoms with Gasteiger partial charge in [-0.25, -0.2) is 9.97 Å². The number of fused-ring (bicyclic) bond motifs is 1. The van der Waals surface area contributed by atoms with E-state index < -0.39 is 5.60 Å². The number of piperidine rings is 1. The molecular formula is C24H18Cl2N4O2. The normalized spacial score (nSPS) is 16.6. The number of aromatic nitrogens is 2. The summed E-state index contributed by atoms with van der Waals surface area (Å²) in [5, 5.41) is 10.6. The van der Waals surface area contributed by atoms with Crippen molar-refractivity contribution >= 4 is 34.9 Å². The van der Waals surface area contributed by atoms with Gasteiger partial charge in [-0.15, -0.1) is 0 Å². The fourth-order valence-electron chi connectivity index (χ4n) is 4.44. The molecule has 32 heavy (non-hydrogen) atoms. The first-order valence-electron chi connectivity index (χ1n) is 10.2. The molecule has 1 spiro atoms. The van der Waals surface area contributed by atoms with Crippen molar-refractivity contribution in [1.82, 2.24) is 9.97 Å². The molecule has 2 aliphatic heterocycles. The van der Waals surface area contributed by atoms with Crippen LogP contribution in [-0.2, 0) is 0 Å². The number of hydrogen-bond donors (Lipinski definition) is 0. The predicted octanol–water partition coefficient (Wildman–Crippen LogP) is 5.24. The van der Waals surface area contributed by atoms with Crippen LogP contribution in [-0.4, -0.2) is 34.4 Å². The molecule has 0 radical (unpaired) electrons. The van der Waals surface area contributed by atoms with Crippen LogP contribution in [0.2, 0.25) is 10.0 Å². The SMILES string of the molecule is Cc1nc(N2CCC3(CC2)Oc2ccccc2C3=O)nc(C#N)c1-c1cccc(Cl)c1Cl. The summed E-state index contributed by atoms with van der Waals surface area (Å²) < 4.78 is 6.11. The number of aryl methyl sites for hydroxylation is 1. The number of carbonyl (C=O) groups is 1. The number of anilines is 1. The van der Waals surface area contributed by atoms with Crippen LogP contribution in [0, 0.1) is 18.3 Å². The van der Waals surface area contributed by atoms with Crippen LogP contribution < -0.4 is 9.64 Å². The highest BCUT2D eigenvalue weighted by Crippen LogP contribution is 2.42. The van der Waals surface area contributed by atoms with E-state index in [1.807, 2.05) is 36.1 Å². The topological polar surface area (TPSA) is 79.1 Å². The van der Waals surface area contributed by atoms with Gasteiger partial charge in [-0.05, 0) is 25.1 Å². The molecule has 2 aliphatic rings. The van der Waals surface area contributed by atoms with Crippen molar-refractivity contribution in [1.29, 1.82) is 5.26 Å². The zero-order valence-electron chi connectivity index (χ0n) is 17.2. The van der Waals surface area contributed by atoms with Gasteiger partial charge in [0.1, 0.15) is 11.8 Å². The molecule has 1 saturated heterocycles. The van der Waals surface area contributed by atoms with E-state index in [-0.39, 0.29) is 11.5 Å². The molecule has 0 amide bonds. The average Bonchev–Trinajstić information content (AvgIpc) is 3.07. The summed E-state index contributed by atoms with van der Waals surface area (Å²) >= 11 is 12.6. The lowest BCUT2D eigenvalue weighted by atomic mass is 9.86. The van der Waals surface area contributed by atoms with Crippen molar-refractivity contribution in [3.63, 3.8) is 0 Å². The molecule has 3 heterocycles. The second-order valence-electron chi connectivity index (χ2n) is 7.95.